The highest BCUT2D eigenvalue weighted by molar-refractivity contribution is 7.07. The smallest absolute Gasteiger partial charge is 0.258 e. The van der Waals surface area contributed by atoms with E-state index in [-0.39, 0.29) is 18.6 Å². The lowest BCUT2D eigenvalue weighted by Crippen LogP contribution is -2.44. The van der Waals surface area contributed by atoms with Crippen molar-refractivity contribution in [2.45, 2.75) is 19.9 Å². The minimum atomic E-state index is -0.0978. The number of hydrogen-bond donors (Lipinski definition) is 1. The molecule has 3 rings (SSSR count). The van der Waals surface area contributed by atoms with Crippen molar-refractivity contribution in [3.63, 3.8) is 0 Å². The number of morpholine rings is 1. The Morgan fingerprint density at radius 3 is 2.85 bits per heavy atom. The van der Waals surface area contributed by atoms with Gasteiger partial charge in [-0.15, -0.1) is 0 Å². The fraction of sp³-hybridized carbons (Fsp3) is 0.450. The molecule has 1 aliphatic heterocycles. The summed E-state index contributed by atoms with van der Waals surface area (Å²) >= 11 is 1.68. The molecule has 6 heteroatoms. The summed E-state index contributed by atoms with van der Waals surface area (Å²) in [5.74, 6) is 0.669. The van der Waals surface area contributed by atoms with E-state index in [2.05, 4.69) is 27.0 Å². The van der Waals surface area contributed by atoms with Gasteiger partial charge in [-0.2, -0.15) is 11.3 Å². The Morgan fingerprint density at radius 2 is 2.12 bits per heavy atom. The molecule has 0 spiro atoms. The quantitative estimate of drug-likeness (QED) is 0.810. The largest absolute Gasteiger partial charge is 0.483 e. The van der Waals surface area contributed by atoms with Crippen LogP contribution in [0.4, 0.5) is 0 Å². The van der Waals surface area contributed by atoms with Crippen molar-refractivity contribution in [3.05, 3.63) is 51.7 Å². The summed E-state index contributed by atoms with van der Waals surface area (Å²) in [6.45, 7) is 7.85. The maximum Gasteiger partial charge on any atom is 0.258 e. The van der Waals surface area contributed by atoms with Gasteiger partial charge in [0.1, 0.15) is 5.75 Å². The van der Waals surface area contributed by atoms with E-state index in [0.717, 1.165) is 43.2 Å². The van der Waals surface area contributed by atoms with Gasteiger partial charge < -0.3 is 14.8 Å². The lowest BCUT2D eigenvalue weighted by Gasteiger charge is -2.34. The molecule has 0 saturated carbocycles. The molecule has 5 nitrogen and oxygen atoms in total. The number of thiophene rings is 1. The highest BCUT2D eigenvalue weighted by Gasteiger charge is 2.23. The number of hydrogen-bond acceptors (Lipinski definition) is 5. The van der Waals surface area contributed by atoms with E-state index in [1.165, 1.54) is 5.56 Å². The zero-order chi connectivity index (χ0) is 18.4. The number of benzene rings is 1. The second-order valence-electron chi connectivity index (χ2n) is 6.58. The number of rotatable bonds is 7. The minimum absolute atomic E-state index is 0.0315. The van der Waals surface area contributed by atoms with Gasteiger partial charge in [-0.25, -0.2) is 0 Å². The molecule has 26 heavy (non-hydrogen) atoms. The Bertz CT molecular complexity index is 712. The van der Waals surface area contributed by atoms with Crippen molar-refractivity contribution in [2.24, 2.45) is 0 Å². The molecule has 1 N–H and O–H groups in total. The van der Waals surface area contributed by atoms with Crippen LogP contribution in [0.2, 0.25) is 0 Å². The van der Waals surface area contributed by atoms with Crippen LogP contribution in [-0.2, 0) is 9.53 Å². The van der Waals surface area contributed by atoms with E-state index in [1.807, 2.05) is 32.0 Å². The molecule has 1 aliphatic rings. The van der Waals surface area contributed by atoms with Crippen LogP contribution in [0.15, 0.2) is 35.0 Å². The highest BCUT2D eigenvalue weighted by atomic mass is 32.1. The minimum Gasteiger partial charge on any atom is -0.483 e. The standard InChI is InChI=1S/C20H26N2O3S/c1-15-3-4-16(2)19(11-15)25-13-20(23)21-12-18(17-5-10-26-14-17)22-6-8-24-9-7-22/h3-5,10-11,14,18H,6-9,12-13H2,1-2H3,(H,21,23). The number of nitrogens with zero attached hydrogens (tertiary/aromatic N) is 1. The van der Waals surface area contributed by atoms with E-state index in [4.69, 9.17) is 9.47 Å². The van der Waals surface area contributed by atoms with Crippen molar-refractivity contribution >= 4 is 17.2 Å². The summed E-state index contributed by atoms with van der Waals surface area (Å²) in [6, 6.07) is 8.31. The van der Waals surface area contributed by atoms with Crippen LogP contribution in [0.1, 0.15) is 22.7 Å². The average Bonchev–Trinajstić information content (AvgIpc) is 3.18. The third-order valence-electron chi connectivity index (χ3n) is 4.61. The number of carbonyl (C=O) groups excluding carboxylic acids is 1. The fourth-order valence-electron chi connectivity index (χ4n) is 3.08. The first kappa shape index (κ1) is 18.9. The molecule has 0 bridgehead atoms. The van der Waals surface area contributed by atoms with Gasteiger partial charge in [0.25, 0.3) is 5.91 Å². The van der Waals surface area contributed by atoms with Crippen LogP contribution >= 0.6 is 11.3 Å². The zero-order valence-electron chi connectivity index (χ0n) is 15.4. The summed E-state index contributed by atoms with van der Waals surface area (Å²) in [6.07, 6.45) is 0. The van der Waals surface area contributed by atoms with E-state index in [9.17, 15) is 4.79 Å². The number of nitrogens with one attached hydrogen (secondary N) is 1. The predicted molar refractivity (Wildman–Crippen MR) is 104 cm³/mol. The molecule has 2 heterocycles. The first-order valence-electron chi connectivity index (χ1n) is 8.94. The highest BCUT2D eigenvalue weighted by Crippen LogP contribution is 2.23. The molecule has 1 unspecified atom stereocenters. The molecule has 140 valence electrons. The molecule has 1 saturated heterocycles. The van der Waals surface area contributed by atoms with Crippen molar-refractivity contribution in [3.8, 4) is 5.75 Å². The van der Waals surface area contributed by atoms with Crippen molar-refractivity contribution in [1.29, 1.82) is 0 Å². The fourth-order valence-corrected chi connectivity index (χ4v) is 3.79. The first-order valence-corrected chi connectivity index (χ1v) is 9.88. The summed E-state index contributed by atoms with van der Waals surface area (Å²) in [5, 5.41) is 7.26. The number of carbonyl (C=O) groups is 1. The SMILES string of the molecule is Cc1ccc(C)c(OCC(=O)NCC(c2ccsc2)N2CCOCC2)c1. The Labute approximate surface area is 158 Å². The van der Waals surface area contributed by atoms with E-state index < -0.39 is 0 Å². The summed E-state index contributed by atoms with van der Waals surface area (Å²) in [5.41, 5.74) is 3.40. The maximum atomic E-state index is 12.3. The molecule has 2 aromatic rings. The molecule has 0 aliphatic carbocycles. The van der Waals surface area contributed by atoms with Crippen LogP contribution in [0, 0.1) is 13.8 Å². The van der Waals surface area contributed by atoms with Crippen LogP contribution in [0.3, 0.4) is 0 Å². The normalized spacial score (nSPS) is 16.2. The third-order valence-corrected chi connectivity index (χ3v) is 5.31. The van der Waals surface area contributed by atoms with Gasteiger partial charge in [-0.05, 0) is 53.4 Å². The number of aryl methyl sites for hydroxylation is 2. The third kappa shape index (κ3) is 5.06. The van der Waals surface area contributed by atoms with Crippen molar-refractivity contribution < 1.29 is 14.3 Å². The lowest BCUT2D eigenvalue weighted by atomic mass is 10.1. The zero-order valence-corrected chi connectivity index (χ0v) is 16.2. The lowest BCUT2D eigenvalue weighted by molar-refractivity contribution is -0.123. The summed E-state index contributed by atoms with van der Waals surface area (Å²) in [7, 11) is 0. The van der Waals surface area contributed by atoms with E-state index in [1.54, 1.807) is 11.3 Å². The molecule has 0 radical (unpaired) electrons. The van der Waals surface area contributed by atoms with Gasteiger partial charge in [-0.1, -0.05) is 12.1 Å². The second-order valence-corrected chi connectivity index (χ2v) is 7.36. The van der Waals surface area contributed by atoms with Gasteiger partial charge in [0.2, 0.25) is 0 Å². The molecule has 1 fully saturated rings. The van der Waals surface area contributed by atoms with Gasteiger partial charge in [0.15, 0.2) is 6.61 Å². The summed E-state index contributed by atoms with van der Waals surface area (Å²) < 4.78 is 11.2. The van der Waals surface area contributed by atoms with Crippen molar-refractivity contribution in [2.75, 3.05) is 39.5 Å². The number of ether oxygens (including phenoxy) is 2. The van der Waals surface area contributed by atoms with E-state index in [0.29, 0.717) is 6.54 Å². The monoisotopic (exact) mass is 374 g/mol. The second kappa shape index (κ2) is 9.16. The Morgan fingerprint density at radius 1 is 1.31 bits per heavy atom. The van der Waals surface area contributed by atoms with Gasteiger partial charge >= 0.3 is 0 Å². The van der Waals surface area contributed by atoms with Gasteiger partial charge in [-0.3, -0.25) is 9.69 Å². The molecular formula is C20H26N2O3S. The van der Waals surface area contributed by atoms with Crippen LogP contribution < -0.4 is 10.1 Å². The Hall–Kier alpha value is -1.89. The van der Waals surface area contributed by atoms with Crippen LogP contribution in [-0.4, -0.2) is 50.3 Å². The number of amides is 1. The van der Waals surface area contributed by atoms with Gasteiger partial charge in [0, 0.05) is 19.6 Å². The van der Waals surface area contributed by atoms with Crippen molar-refractivity contribution in [1.82, 2.24) is 10.2 Å². The molecule has 1 aromatic carbocycles. The summed E-state index contributed by atoms with van der Waals surface area (Å²) in [4.78, 5) is 14.7. The topological polar surface area (TPSA) is 50.8 Å². The maximum absolute atomic E-state index is 12.3. The Kier molecular flexibility index (Phi) is 6.66. The first-order chi connectivity index (χ1) is 12.6. The Balaban J connectivity index is 1.54. The molecule has 1 atom stereocenters. The van der Waals surface area contributed by atoms with Crippen LogP contribution in [0.5, 0.6) is 5.75 Å². The van der Waals surface area contributed by atoms with Gasteiger partial charge in [0.05, 0.1) is 19.3 Å². The average molecular weight is 375 g/mol. The molecule has 1 aromatic heterocycles. The van der Waals surface area contributed by atoms with E-state index >= 15 is 0 Å². The molecular weight excluding hydrogens is 348 g/mol. The predicted octanol–water partition coefficient (Wildman–Crippen LogP) is 2.93. The van der Waals surface area contributed by atoms with Crippen LogP contribution in [0.25, 0.3) is 0 Å². The molecule has 1 amide bonds.